The van der Waals surface area contributed by atoms with Crippen LogP contribution in [0.4, 0.5) is 5.69 Å². The summed E-state index contributed by atoms with van der Waals surface area (Å²) in [4.78, 5) is 23.0. The number of thioether (sulfide) groups is 1. The van der Waals surface area contributed by atoms with E-state index in [0.717, 1.165) is 42.8 Å². The maximum atomic E-state index is 13.0. The van der Waals surface area contributed by atoms with Gasteiger partial charge in [-0.3, -0.25) is 4.79 Å². The summed E-state index contributed by atoms with van der Waals surface area (Å²) in [6.07, 6.45) is 0. The number of fused-ring (bicyclic) bond motifs is 1. The fourth-order valence-electron chi connectivity index (χ4n) is 3.16. The van der Waals surface area contributed by atoms with Crippen LogP contribution in [0.2, 0.25) is 0 Å². The monoisotopic (exact) mass is 459 g/mol. The highest BCUT2D eigenvalue weighted by Crippen LogP contribution is 2.32. The SMILES string of the molecule is O=C(Nc1cccc(-c2nc3ccccc3s2)c1)c1ccccc1SCc1cscn1. The number of hydrogen-bond acceptors (Lipinski definition) is 6. The summed E-state index contributed by atoms with van der Waals surface area (Å²) in [6.45, 7) is 0. The minimum absolute atomic E-state index is 0.122. The van der Waals surface area contributed by atoms with E-state index in [-0.39, 0.29) is 5.91 Å². The highest BCUT2D eigenvalue weighted by atomic mass is 32.2. The standard InChI is InChI=1S/C24H17N3OS3/c28-23(19-8-1-3-10-21(19)30-14-18-13-29-15-25-18)26-17-7-5-6-16(12-17)24-27-20-9-2-4-11-22(20)31-24/h1-13,15H,14H2,(H,26,28). The van der Waals surface area contributed by atoms with Gasteiger partial charge in [0.05, 0.1) is 27.0 Å². The zero-order valence-corrected chi connectivity index (χ0v) is 18.8. The molecule has 4 nitrogen and oxygen atoms in total. The number of rotatable bonds is 6. The number of thiazole rings is 2. The number of anilines is 1. The van der Waals surface area contributed by atoms with Gasteiger partial charge in [-0.25, -0.2) is 9.97 Å². The van der Waals surface area contributed by atoms with E-state index in [1.54, 1.807) is 34.4 Å². The summed E-state index contributed by atoms with van der Waals surface area (Å²) in [5.74, 6) is 0.615. The second-order valence-electron chi connectivity index (χ2n) is 6.79. The largest absolute Gasteiger partial charge is 0.322 e. The van der Waals surface area contributed by atoms with Crippen LogP contribution in [0.5, 0.6) is 0 Å². The number of hydrogen-bond donors (Lipinski definition) is 1. The molecule has 0 bridgehead atoms. The van der Waals surface area contributed by atoms with Gasteiger partial charge in [-0.2, -0.15) is 0 Å². The Morgan fingerprint density at radius 1 is 1.00 bits per heavy atom. The predicted molar refractivity (Wildman–Crippen MR) is 131 cm³/mol. The molecule has 0 aliphatic heterocycles. The Kier molecular flexibility index (Phi) is 5.80. The van der Waals surface area contributed by atoms with Crippen molar-refractivity contribution in [2.24, 2.45) is 0 Å². The third-order valence-electron chi connectivity index (χ3n) is 4.65. The zero-order chi connectivity index (χ0) is 21.0. The van der Waals surface area contributed by atoms with Crippen LogP contribution in [-0.4, -0.2) is 15.9 Å². The molecule has 0 spiro atoms. The second kappa shape index (κ2) is 9.01. The molecular weight excluding hydrogens is 442 g/mol. The van der Waals surface area contributed by atoms with Crippen molar-refractivity contribution in [2.45, 2.75) is 10.6 Å². The molecule has 2 heterocycles. The lowest BCUT2D eigenvalue weighted by Gasteiger charge is -2.10. The van der Waals surface area contributed by atoms with Gasteiger partial charge in [-0.1, -0.05) is 36.4 Å². The number of amides is 1. The molecule has 0 fully saturated rings. The molecule has 2 aromatic heterocycles. The molecule has 1 N–H and O–H groups in total. The van der Waals surface area contributed by atoms with Gasteiger partial charge in [-0.05, 0) is 36.4 Å². The maximum Gasteiger partial charge on any atom is 0.256 e. The van der Waals surface area contributed by atoms with E-state index >= 15 is 0 Å². The van der Waals surface area contributed by atoms with Crippen LogP contribution in [0.1, 0.15) is 16.1 Å². The van der Waals surface area contributed by atoms with E-state index in [1.807, 2.05) is 77.6 Å². The van der Waals surface area contributed by atoms with Crippen LogP contribution in [-0.2, 0) is 5.75 Å². The van der Waals surface area contributed by atoms with Crippen LogP contribution in [0.15, 0.2) is 88.6 Å². The van der Waals surface area contributed by atoms with Crippen molar-refractivity contribution in [1.29, 1.82) is 0 Å². The first-order valence-electron chi connectivity index (χ1n) is 9.62. The van der Waals surface area contributed by atoms with Crippen molar-refractivity contribution < 1.29 is 4.79 Å². The Morgan fingerprint density at radius 3 is 2.74 bits per heavy atom. The second-order valence-corrected chi connectivity index (χ2v) is 9.55. The molecule has 0 saturated carbocycles. The summed E-state index contributed by atoms with van der Waals surface area (Å²) in [6, 6.07) is 23.6. The quantitative estimate of drug-likeness (QED) is 0.279. The van der Waals surface area contributed by atoms with Gasteiger partial charge in [0, 0.05) is 27.3 Å². The zero-order valence-electron chi connectivity index (χ0n) is 16.3. The van der Waals surface area contributed by atoms with Crippen molar-refractivity contribution >= 4 is 56.2 Å². The first-order valence-corrected chi connectivity index (χ1v) is 12.4. The van der Waals surface area contributed by atoms with Crippen LogP contribution in [0.3, 0.4) is 0 Å². The molecule has 152 valence electrons. The van der Waals surface area contributed by atoms with Crippen molar-refractivity contribution in [3.8, 4) is 10.6 Å². The van der Waals surface area contributed by atoms with Gasteiger partial charge in [-0.15, -0.1) is 34.4 Å². The average Bonchev–Trinajstić information content (AvgIpc) is 3.48. The van der Waals surface area contributed by atoms with Gasteiger partial charge in [0.25, 0.3) is 5.91 Å². The molecule has 1 amide bonds. The van der Waals surface area contributed by atoms with Crippen molar-refractivity contribution in [3.63, 3.8) is 0 Å². The minimum atomic E-state index is -0.122. The van der Waals surface area contributed by atoms with E-state index in [1.165, 1.54) is 0 Å². The van der Waals surface area contributed by atoms with Crippen LogP contribution < -0.4 is 5.32 Å². The van der Waals surface area contributed by atoms with Gasteiger partial charge < -0.3 is 5.32 Å². The number of nitrogens with one attached hydrogen (secondary N) is 1. The van der Waals surface area contributed by atoms with Crippen molar-refractivity contribution in [1.82, 2.24) is 9.97 Å². The molecule has 0 saturated heterocycles. The van der Waals surface area contributed by atoms with E-state index in [0.29, 0.717) is 5.56 Å². The minimum Gasteiger partial charge on any atom is -0.322 e. The lowest BCUT2D eigenvalue weighted by atomic mass is 10.1. The van der Waals surface area contributed by atoms with E-state index in [2.05, 4.69) is 16.4 Å². The van der Waals surface area contributed by atoms with Gasteiger partial charge in [0.1, 0.15) is 5.01 Å². The Labute approximate surface area is 192 Å². The predicted octanol–water partition coefficient (Wildman–Crippen LogP) is 6.96. The highest BCUT2D eigenvalue weighted by Gasteiger charge is 2.13. The Balaban J connectivity index is 1.36. The topological polar surface area (TPSA) is 54.9 Å². The molecule has 0 unspecified atom stereocenters. The van der Waals surface area contributed by atoms with Gasteiger partial charge in [0.15, 0.2) is 0 Å². The first kappa shape index (κ1) is 19.9. The molecule has 7 heteroatoms. The van der Waals surface area contributed by atoms with Gasteiger partial charge in [0.2, 0.25) is 0 Å². The first-order chi connectivity index (χ1) is 15.3. The van der Waals surface area contributed by atoms with Crippen LogP contribution in [0, 0.1) is 0 Å². The molecule has 31 heavy (non-hydrogen) atoms. The molecule has 5 rings (SSSR count). The molecule has 0 aliphatic carbocycles. The fraction of sp³-hybridized carbons (Fsp3) is 0.0417. The molecular formula is C24H17N3OS3. The number of benzene rings is 3. The number of carbonyl (C=O) groups is 1. The summed E-state index contributed by atoms with van der Waals surface area (Å²) >= 11 is 4.85. The Hall–Kier alpha value is -3.00. The summed E-state index contributed by atoms with van der Waals surface area (Å²) in [7, 11) is 0. The number of nitrogens with zero attached hydrogens (tertiary/aromatic N) is 2. The van der Waals surface area contributed by atoms with Crippen molar-refractivity contribution in [3.05, 3.63) is 94.9 Å². The third-order valence-corrected chi connectivity index (χ3v) is 7.48. The molecule has 0 atom stereocenters. The smallest absolute Gasteiger partial charge is 0.256 e. The van der Waals surface area contributed by atoms with Crippen LogP contribution in [0.25, 0.3) is 20.8 Å². The lowest BCUT2D eigenvalue weighted by Crippen LogP contribution is -2.13. The number of aromatic nitrogens is 2. The van der Waals surface area contributed by atoms with Crippen LogP contribution >= 0.6 is 34.4 Å². The van der Waals surface area contributed by atoms with E-state index in [9.17, 15) is 4.79 Å². The molecule has 0 radical (unpaired) electrons. The summed E-state index contributed by atoms with van der Waals surface area (Å²) in [5.41, 5.74) is 6.24. The third kappa shape index (κ3) is 4.54. The fourth-order valence-corrected chi connectivity index (χ4v) is 5.74. The highest BCUT2D eigenvalue weighted by molar-refractivity contribution is 7.98. The van der Waals surface area contributed by atoms with E-state index in [4.69, 9.17) is 4.98 Å². The maximum absolute atomic E-state index is 13.0. The van der Waals surface area contributed by atoms with Crippen molar-refractivity contribution in [2.75, 3.05) is 5.32 Å². The Morgan fingerprint density at radius 2 is 1.87 bits per heavy atom. The van der Waals surface area contributed by atoms with E-state index < -0.39 is 0 Å². The van der Waals surface area contributed by atoms with Gasteiger partial charge >= 0.3 is 0 Å². The number of carbonyl (C=O) groups excluding carboxylic acids is 1. The average molecular weight is 460 g/mol. The molecule has 3 aromatic carbocycles. The summed E-state index contributed by atoms with van der Waals surface area (Å²) in [5, 5.41) is 6.02. The Bertz CT molecular complexity index is 1310. The number of para-hydroxylation sites is 1. The lowest BCUT2D eigenvalue weighted by molar-refractivity contribution is 0.102. The normalized spacial score (nSPS) is 11.0. The summed E-state index contributed by atoms with van der Waals surface area (Å²) < 4.78 is 1.15. The molecule has 5 aromatic rings. The molecule has 0 aliphatic rings.